The molecule has 0 aromatic carbocycles. The number of ketones is 10. The lowest BCUT2D eigenvalue weighted by Crippen LogP contribution is -2.59. The average molecular weight is 647 g/mol. The number of carbonyl (C=O) groups excluding carboxylic acids is 10. The zero-order chi connectivity index (χ0) is 36.3. The molecule has 0 bridgehead atoms. The molecule has 0 aliphatic rings. The lowest BCUT2D eigenvalue weighted by Gasteiger charge is -2.61. The molecule has 0 unspecified atom stereocenters. The molecule has 0 atom stereocenters. The van der Waals surface area contributed by atoms with Gasteiger partial charge in [0.2, 0.25) is 0 Å². The first-order valence-electron chi connectivity index (χ1n) is 15.8. The van der Waals surface area contributed by atoms with Crippen LogP contribution in [0.1, 0.15) is 146 Å². The summed E-state index contributed by atoms with van der Waals surface area (Å²) in [4.78, 5) is 130. The van der Waals surface area contributed by atoms with Gasteiger partial charge in [-0.2, -0.15) is 0 Å². The summed E-state index contributed by atoms with van der Waals surface area (Å²) in [6.45, 7) is 12.9. The van der Waals surface area contributed by atoms with Crippen molar-refractivity contribution >= 4 is 57.8 Å². The van der Waals surface area contributed by atoms with Crippen LogP contribution in [-0.4, -0.2) is 57.8 Å². The largest absolute Gasteiger partial charge is 0.300 e. The summed E-state index contributed by atoms with van der Waals surface area (Å²) in [5, 5.41) is 0. The molecule has 0 aliphatic heterocycles. The molecule has 0 rings (SSSR count). The van der Waals surface area contributed by atoms with Crippen LogP contribution in [0.25, 0.3) is 0 Å². The Morgan fingerprint density at radius 1 is 0.283 bits per heavy atom. The summed E-state index contributed by atoms with van der Waals surface area (Å²) in [5.74, 6) is -3.82. The molecule has 0 amide bonds. The number of carbonyl (C=O) groups is 10. The van der Waals surface area contributed by atoms with E-state index in [-0.39, 0.29) is 81.6 Å². The molecule has 0 N–H and O–H groups in total. The van der Waals surface area contributed by atoms with Gasteiger partial charge >= 0.3 is 0 Å². The molecule has 0 saturated heterocycles. The first-order chi connectivity index (χ1) is 20.9. The van der Waals surface area contributed by atoms with Crippen LogP contribution in [0, 0.1) is 21.7 Å². The van der Waals surface area contributed by atoms with E-state index < -0.39 is 75.0 Å². The zero-order valence-corrected chi connectivity index (χ0v) is 29.6. The molecule has 0 aliphatic carbocycles. The van der Waals surface area contributed by atoms with Crippen LogP contribution < -0.4 is 0 Å². The Hall–Kier alpha value is -3.30. The summed E-state index contributed by atoms with van der Waals surface area (Å²) in [7, 11) is 0. The van der Waals surface area contributed by atoms with Gasteiger partial charge in [-0.3, -0.25) is 0 Å². The van der Waals surface area contributed by atoms with Gasteiger partial charge < -0.3 is 47.9 Å². The number of Topliss-reactive ketones (excluding diaryl/α,β-unsaturated/α-hetero) is 10. The fourth-order valence-corrected chi connectivity index (χ4v) is 8.66. The van der Waals surface area contributed by atoms with E-state index in [0.29, 0.717) is 0 Å². The van der Waals surface area contributed by atoms with Crippen LogP contribution >= 0.6 is 0 Å². The van der Waals surface area contributed by atoms with Crippen LogP contribution in [0.2, 0.25) is 0 Å². The van der Waals surface area contributed by atoms with Crippen LogP contribution in [0.3, 0.4) is 0 Å². The molecule has 0 spiro atoms. The SMILES string of the molecule is CC(=O)CC(CCC(CC(C)=O)(CC(C)=O)C(CC(C)=O)(CC(C)=O)C(CC(C)=O)(CC(C)=O)CC(C)=O)(CC(C)=O)CC(C)=O. The predicted molar refractivity (Wildman–Crippen MR) is 172 cm³/mol. The highest BCUT2D eigenvalue weighted by atomic mass is 16.2. The Balaban J connectivity index is 8.61. The van der Waals surface area contributed by atoms with E-state index in [0.717, 1.165) is 0 Å². The molecule has 0 radical (unpaired) electrons. The van der Waals surface area contributed by atoms with Crippen LogP contribution in [0.5, 0.6) is 0 Å². The van der Waals surface area contributed by atoms with Crippen molar-refractivity contribution in [3.63, 3.8) is 0 Å². The number of hydrogen-bond acceptors (Lipinski definition) is 10. The van der Waals surface area contributed by atoms with Gasteiger partial charge in [0.25, 0.3) is 0 Å². The van der Waals surface area contributed by atoms with E-state index in [1.807, 2.05) is 0 Å². The van der Waals surface area contributed by atoms with Gasteiger partial charge in [-0.05, 0) is 104 Å². The van der Waals surface area contributed by atoms with Crippen molar-refractivity contribution < 1.29 is 47.9 Å². The average Bonchev–Trinajstić information content (AvgIpc) is 2.77. The number of hydrogen-bond donors (Lipinski definition) is 0. The van der Waals surface area contributed by atoms with Gasteiger partial charge in [-0.15, -0.1) is 0 Å². The fourth-order valence-electron chi connectivity index (χ4n) is 8.66. The lowest BCUT2D eigenvalue weighted by atomic mass is 9.41. The van der Waals surface area contributed by atoms with Crippen molar-refractivity contribution in [2.24, 2.45) is 21.7 Å². The van der Waals surface area contributed by atoms with Crippen molar-refractivity contribution in [3.8, 4) is 0 Å². The third-order valence-electron chi connectivity index (χ3n) is 9.07. The van der Waals surface area contributed by atoms with Gasteiger partial charge in [-0.25, -0.2) is 0 Å². The molecular formula is C36H54O10. The van der Waals surface area contributed by atoms with E-state index in [1.54, 1.807) is 0 Å². The smallest absolute Gasteiger partial charge is 0.130 e. The Bertz CT molecular complexity index is 1140. The minimum atomic E-state index is -1.74. The number of rotatable bonds is 25. The third kappa shape index (κ3) is 12.5. The van der Waals surface area contributed by atoms with Gasteiger partial charge in [-0.1, -0.05) is 0 Å². The van der Waals surface area contributed by atoms with Gasteiger partial charge in [0.15, 0.2) is 0 Å². The van der Waals surface area contributed by atoms with E-state index in [1.165, 1.54) is 69.2 Å². The quantitative estimate of drug-likeness (QED) is 0.123. The van der Waals surface area contributed by atoms with Crippen LogP contribution in [0.4, 0.5) is 0 Å². The highest BCUT2D eigenvalue weighted by molar-refractivity contribution is 5.88. The molecule has 46 heavy (non-hydrogen) atoms. The summed E-state index contributed by atoms with van der Waals surface area (Å²) in [6.07, 6.45) is -3.36. The molecule has 0 fully saturated rings. The Labute approximate surface area is 273 Å². The predicted octanol–water partition coefficient (Wildman–Crippen LogP) is 5.50. The maximum atomic E-state index is 13.3. The second-order valence-electron chi connectivity index (χ2n) is 14.4. The van der Waals surface area contributed by atoms with Crippen molar-refractivity contribution in [3.05, 3.63) is 0 Å². The minimum absolute atomic E-state index is 0.0276. The highest BCUT2D eigenvalue weighted by Crippen LogP contribution is 2.67. The molecule has 258 valence electrons. The van der Waals surface area contributed by atoms with Gasteiger partial charge in [0.1, 0.15) is 57.8 Å². The Kier molecular flexibility index (Phi) is 16.3. The second-order valence-corrected chi connectivity index (χ2v) is 14.4. The molecule has 10 nitrogen and oxygen atoms in total. The third-order valence-corrected chi connectivity index (χ3v) is 9.07. The summed E-state index contributed by atoms with van der Waals surface area (Å²) in [5.41, 5.74) is -6.20. The van der Waals surface area contributed by atoms with Crippen molar-refractivity contribution in [1.29, 1.82) is 0 Å². The Morgan fingerprint density at radius 2 is 0.500 bits per heavy atom. The summed E-state index contributed by atoms with van der Waals surface area (Å²) < 4.78 is 0. The van der Waals surface area contributed by atoms with E-state index in [2.05, 4.69) is 0 Å². The fraction of sp³-hybridized carbons (Fsp3) is 0.722. The maximum absolute atomic E-state index is 13.3. The Morgan fingerprint density at radius 3 is 0.717 bits per heavy atom. The molecule has 0 aromatic heterocycles. The molecular weight excluding hydrogens is 592 g/mol. The minimum Gasteiger partial charge on any atom is -0.300 e. The standard InChI is InChI=1S/C36H54O10/c1-23(37)13-33(14-24(2)38,15-25(3)39)11-12-34(16-26(4)40,17-27(5)41)36(21-31(9)45,22-32(10)46)35(18-28(6)42,19-29(7)43)20-30(8)44/h11-22H2,1-10H3. The summed E-state index contributed by atoms with van der Waals surface area (Å²) in [6, 6.07) is 0. The van der Waals surface area contributed by atoms with Gasteiger partial charge in [0.05, 0.1) is 0 Å². The second kappa shape index (κ2) is 17.6. The van der Waals surface area contributed by atoms with Crippen molar-refractivity contribution in [2.45, 2.75) is 146 Å². The zero-order valence-electron chi connectivity index (χ0n) is 29.6. The topological polar surface area (TPSA) is 171 Å². The normalized spacial score (nSPS) is 12.3. The van der Waals surface area contributed by atoms with Crippen LogP contribution in [-0.2, 0) is 47.9 Å². The summed E-state index contributed by atoms with van der Waals surface area (Å²) >= 11 is 0. The highest BCUT2D eigenvalue weighted by Gasteiger charge is 2.64. The molecule has 0 saturated carbocycles. The monoisotopic (exact) mass is 646 g/mol. The molecule has 0 heterocycles. The van der Waals surface area contributed by atoms with Gasteiger partial charge in [0, 0.05) is 64.2 Å². The van der Waals surface area contributed by atoms with E-state index in [9.17, 15) is 47.9 Å². The molecule has 10 heteroatoms. The maximum Gasteiger partial charge on any atom is 0.130 e. The van der Waals surface area contributed by atoms with E-state index >= 15 is 0 Å². The van der Waals surface area contributed by atoms with Crippen molar-refractivity contribution in [2.75, 3.05) is 0 Å². The van der Waals surface area contributed by atoms with Crippen LogP contribution in [0.15, 0.2) is 0 Å². The first-order valence-corrected chi connectivity index (χ1v) is 15.8. The first kappa shape index (κ1) is 42.7. The lowest BCUT2D eigenvalue weighted by molar-refractivity contribution is -0.170. The van der Waals surface area contributed by atoms with E-state index in [4.69, 9.17) is 0 Å². The van der Waals surface area contributed by atoms with Crippen molar-refractivity contribution in [1.82, 2.24) is 0 Å². The molecule has 0 aromatic rings.